The van der Waals surface area contributed by atoms with Crippen LogP contribution in [0.2, 0.25) is 0 Å². The smallest absolute Gasteiger partial charge is 0.269 e. The third-order valence-corrected chi connectivity index (χ3v) is 5.67. The highest BCUT2D eigenvalue weighted by Gasteiger charge is 2.23. The van der Waals surface area contributed by atoms with Gasteiger partial charge in [-0.05, 0) is 31.1 Å². The summed E-state index contributed by atoms with van der Waals surface area (Å²) in [6.45, 7) is 6.04. The lowest BCUT2D eigenvalue weighted by Crippen LogP contribution is -2.42. The molecule has 1 aliphatic heterocycles. The van der Waals surface area contributed by atoms with Crippen molar-refractivity contribution in [2.45, 2.75) is 20.4 Å². The number of aromatic nitrogens is 1. The number of benzene rings is 1. The standard InChI is InChI=1S/C20H21N3O3S/c1-3-23-19(25)17(12-15-7-5-4-6-14(15)2)27-20(23)16(13-21)18(24)22-8-10-26-11-9-22/h4-7,12H,3,8-11H2,1-2H3. The molecule has 0 bridgehead atoms. The van der Waals surface area contributed by atoms with Crippen molar-refractivity contribution in [1.29, 1.82) is 5.26 Å². The number of carbonyl (C=O) groups is 1. The third-order valence-electron chi connectivity index (χ3n) is 4.54. The number of carbonyl (C=O) groups excluding carboxylic acids is 1. The highest BCUT2D eigenvalue weighted by molar-refractivity contribution is 7.07. The average molecular weight is 383 g/mol. The maximum atomic E-state index is 12.8. The maximum absolute atomic E-state index is 12.8. The molecule has 6 nitrogen and oxygen atoms in total. The van der Waals surface area contributed by atoms with E-state index in [9.17, 15) is 14.9 Å². The van der Waals surface area contributed by atoms with Crippen LogP contribution < -0.4 is 14.8 Å². The molecule has 27 heavy (non-hydrogen) atoms. The fraction of sp³-hybridized carbons (Fsp3) is 0.350. The molecule has 0 atom stereocenters. The Morgan fingerprint density at radius 3 is 2.67 bits per heavy atom. The SMILES string of the molecule is CCn1c(=C(C#N)C(=O)N2CCOCC2)sc(=Cc2ccccc2C)c1=O. The molecule has 2 aromatic rings. The molecule has 0 unspecified atom stereocenters. The van der Waals surface area contributed by atoms with Crippen LogP contribution >= 0.6 is 11.3 Å². The first-order chi connectivity index (χ1) is 13.1. The first-order valence-electron chi connectivity index (χ1n) is 8.85. The number of hydrogen-bond donors (Lipinski definition) is 0. The van der Waals surface area contributed by atoms with Gasteiger partial charge in [0.05, 0.1) is 17.7 Å². The van der Waals surface area contributed by atoms with Crippen molar-refractivity contribution >= 4 is 28.9 Å². The number of nitrogens with zero attached hydrogens (tertiary/aromatic N) is 3. The van der Waals surface area contributed by atoms with Crippen LogP contribution in [-0.4, -0.2) is 41.7 Å². The van der Waals surface area contributed by atoms with Crippen molar-refractivity contribution in [1.82, 2.24) is 9.47 Å². The van der Waals surface area contributed by atoms with Gasteiger partial charge in [-0.3, -0.25) is 14.2 Å². The van der Waals surface area contributed by atoms with Crippen molar-refractivity contribution in [3.8, 4) is 6.07 Å². The molecule has 1 aromatic heterocycles. The number of ether oxygens (including phenoxy) is 1. The molecule has 0 saturated carbocycles. The van der Waals surface area contributed by atoms with Gasteiger partial charge in [-0.2, -0.15) is 5.26 Å². The van der Waals surface area contributed by atoms with Gasteiger partial charge in [-0.1, -0.05) is 24.3 Å². The van der Waals surface area contributed by atoms with Gasteiger partial charge >= 0.3 is 0 Å². The lowest BCUT2D eigenvalue weighted by Gasteiger charge is -2.26. The Hall–Kier alpha value is -2.69. The minimum absolute atomic E-state index is 0.0188. The lowest BCUT2D eigenvalue weighted by atomic mass is 10.1. The zero-order valence-electron chi connectivity index (χ0n) is 15.4. The van der Waals surface area contributed by atoms with Gasteiger partial charge in [-0.25, -0.2) is 0 Å². The van der Waals surface area contributed by atoms with Gasteiger partial charge < -0.3 is 9.64 Å². The maximum Gasteiger partial charge on any atom is 0.269 e. The Balaban J connectivity index is 2.19. The summed E-state index contributed by atoms with van der Waals surface area (Å²) in [5.41, 5.74) is 1.85. The van der Waals surface area contributed by atoms with Crippen molar-refractivity contribution < 1.29 is 9.53 Å². The summed E-state index contributed by atoms with van der Waals surface area (Å²) < 4.78 is 7.71. The second-order valence-corrected chi connectivity index (χ2v) is 7.24. The Kier molecular flexibility index (Phi) is 5.89. The largest absolute Gasteiger partial charge is 0.378 e. The second kappa shape index (κ2) is 8.33. The number of aryl methyl sites for hydroxylation is 1. The van der Waals surface area contributed by atoms with Gasteiger partial charge in [0, 0.05) is 19.6 Å². The van der Waals surface area contributed by atoms with Crippen molar-refractivity contribution in [2.24, 2.45) is 0 Å². The Morgan fingerprint density at radius 1 is 1.33 bits per heavy atom. The highest BCUT2D eigenvalue weighted by atomic mass is 32.1. The molecule has 7 heteroatoms. The van der Waals surface area contributed by atoms with Crippen LogP contribution in [-0.2, 0) is 16.1 Å². The number of rotatable bonds is 3. The predicted octanol–water partition coefficient (Wildman–Crippen LogP) is 0.600. The molecule has 1 amide bonds. The minimum atomic E-state index is -0.341. The van der Waals surface area contributed by atoms with Crippen LogP contribution in [0.4, 0.5) is 0 Å². The fourth-order valence-electron chi connectivity index (χ4n) is 2.99. The molecule has 0 aliphatic carbocycles. The number of amides is 1. The number of thiazole rings is 1. The molecule has 1 fully saturated rings. The van der Waals surface area contributed by atoms with Gasteiger partial charge in [0.15, 0.2) is 5.57 Å². The molecule has 1 aliphatic rings. The first kappa shape index (κ1) is 19.1. The van der Waals surface area contributed by atoms with Crippen LogP contribution in [0.5, 0.6) is 0 Å². The first-order valence-corrected chi connectivity index (χ1v) is 9.67. The van der Waals surface area contributed by atoms with Crippen molar-refractivity contribution in [3.63, 3.8) is 0 Å². The number of morpholine rings is 1. The zero-order chi connectivity index (χ0) is 19.4. The van der Waals surface area contributed by atoms with Crippen LogP contribution in [0.1, 0.15) is 18.1 Å². The molecule has 3 rings (SSSR count). The van der Waals surface area contributed by atoms with E-state index in [2.05, 4.69) is 0 Å². The normalized spacial score (nSPS) is 16.2. The minimum Gasteiger partial charge on any atom is -0.378 e. The number of nitriles is 1. The van der Waals surface area contributed by atoms with Crippen molar-refractivity contribution in [2.75, 3.05) is 26.3 Å². The third kappa shape index (κ3) is 3.87. The molecule has 1 saturated heterocycles. The second-order valence-electron chi connectivity index (χ2n) is 6.21. The molecule has 0 spiro atoms. The Bertz CT molecular complexity index is 1070. The molecular formula is C20H21N3O3S. The average Bonchev–Trinajstić information content (AvgIpc) is 3.00. The summed E-state index contributed by atoms with van der Waals surface area (Å²) in [6, 6.07) is 9.81. The molecule has 0 N–H and O–H groups in total. The van der Waals surface area contributed by atoms with Gasteiger partial charge in [-0.15, -0.1) is 11.3 Å². The van der Waals surface area contributed by atoms with Gasteiger partial charge in [0.25, 0.3) is 11.5 Å². The summed E-state index contributed by atoms with van der Waals surface area (Å²) in [4.78, 5) is 27.3. The van der Waals surface area contributed by atoms with Crippen LogP contribution in [0, 0.1) is 18.3 Å². The van der Waals surface area contributed by atoms with Crippen LogP contribution in [0.25, 0.3) is 11.6 Å². The molecule has 0 radical (unpaired) electrons. The quantitative estimate of drug-likeness (QED) is 0.778. The van der Waals surface area contributed by atoms with E-state index >= 15 is 0 Å². The number of hydrogen-bond acceptors (Lipinski definition) is 5. The van der Waals surface area contributed by atoms with E-state index in [1.165, 1.54) is 15.9 Å². The summed E-state index contributed by atoms with van der Waals surface area (Å²) >= 11 is 1.20. The van der Waals surface area contributed by atoms with E-state index < -0.39 is 0 Å². The lowest BCUT2D eigenvalue weighted by molar-refractivity contribution is -0.128. The molecule has 2 heterocycles. The van der Waals surface area contributed by atoms with E-state index in [1.807, 2.05) is 50.3 Å². The Morgan fingerprint density at radius 2 is 2.04 bits per heavy atom. The van der Waals surface area contributed by atoms with E-state index in [1.54, 1.807) is 4.90 Å². The Labute approximate surface area is 161 Å². The molecule has 140 valence electrons. The van der Waals surface area contributed by atoms with Crippen LogP contribution in [0.15, 0.2) is 29.1 Å². The van der Waals surface area contributed by atoms with E-state index in [4.69, 9.17) is 4.74 Å². The van der Waals surface area contributed by atoms with Gasteiger partial charge in [0.1, 0.15) is 10.7 Å². The van der Waals surface area contributed by atoms with Crippen LogP contribution in [0.3, 0.4) is 0 Å². The monoisotopic (exact) mass is 383 g/mol. The fourth-order valence-corrected chi connectivity index (χ4v) is 4.14. The van der Waals surface area contributed by atoms with Crippen molar-refractivity contribution in [3.05, 3.63) is 54.9 Å². The topological polar surface area (TPSA) is 75.3 Å². The van der Waals surface area contributed by atoms with E-state index in [-0.39, 0.29) is 17.0 Å². The summed E-state index contributed by atoms with van der Waals surface area (Å²) in [5, 5.41) is 9.65. The summed E-state index contributed by atoms with van der Waals surface area (Å²) in [6.07, 6.45) is 1.83. The van der Waals surface area contributed by atoms with Gasteiger partial charge in [0.2, 0.25) is 0 Å². The highest BCUT2D eigenvalue weighted by Crippen LogP contribution is 2.08. The van der Waals surface area contributed by atoms with E-state index in [0.29, 0.717) is 42.0 Å². The predicted molar refractivity (Wildman–Crippen MR) is 105 cm³/mol. The molecular weight excluding hydrogens is 362 g/mol. The van der Waals surface area contributed by atoms with E-state index in [0.717, 1.165) is 11.1 Å². The summed E-state index contributed by atoms with van der Waals surface area (Å²) in [5.74, 6) is -0.341. The summed E-state index contributed by atoms with van der Waals surface area (Å²) in [7, 11) is 0. The zero-order valence-corrected chi connectivity index (χ0v) is 16.2. The molecule has 1 aromatic carbocycles.